The molecule has 2 rings (SSSR count). The number of rotatable bonds is 4. The quantitative estimate of drug-likeness (QED) is 0.863. The van der Waals surface area contributed by atoms with Gasteiger partial charge in [-0.2, -0.15) is 0 Å². The van der Waals surface area contributed by atoms with Gasteiger partial charge in [0.05, 0.1) is 12.1 Å². The molecule has 0 aromatic heterocycles. The van der Waals surface area contributed by atoms with Crippen molar-refractivity contribution >= 4 is 17.6 Å². The Morgan fingerprint density at radius 2 is 2.35 bits per heavy atom. The van der Waals surface area contributed by atoms with Crippen LogP contribution in [0.15, 0.2) is 18.2 Å². The minimum absolute atomic E-state index is 0.0339. The van der Waals surface area contributed by atoms with E-state index in [0.29, 0.717) is 17.2 Å². The molecular weight excluding hydrogens is 242 g/mol. The minimum atomic E-state index is -0.835. The molecular formula is C12H14ClNO3. The number of likely N-dealkylation sites (N-methyl/N-ethyl adjacent to an activating group) is 1. The third-order valence-corrected chi connectivity index (χ3v) is 3.66. The number of carboxylic acids is 1. The summed E-state index contributed by atoms with van der Waals surface area (Å²) in [5.41, 5.74) is 0.0883. The van der Waals surface area contributed by atoms with Gasteiger partial charge in [0.1, 0.15) is 11.3 Å². The highest BCUT2D eigenvalue weighted by Crippen LogP contribution is 2.52. The van der Waals surface area contributed by atoms with Gasteiger partial charge < -0.3 is 15.2 Å². The fourth-order valence-corrected chi connectivity index (χ4v) is 2.45. The molecule has 2 atom stereocenters. The van der Waals surface area contributed by atoms with Crippen molar-refractivity contribution in [1.29, 1.82) is 0 Å². The summed E-state index contributed by atoms with van der Waals surface area (Å²) in [6.07, 6.45) is 0.585. The van der Waals surface area contributed by atoms with Crippen LogP contribution in [-0.4, -0.2) is 30.8 Å². The molecule has 1 aliphatic carbocycles. The molecule has 0 radical (unpaired) electrons. The highest BCUT2D eigenvalue weighted by atomic mass is 35.5. The van der Waals surface area contributed by atoms with Crippen molar-refractivity contribution in [3.63, 3.8) is 0 Å². The number of methoxy groups -OCH3 is 1. The highest BCUT2D eigenvalue weighted by molar-refractivity contribution is 6.32. The summed E-state index contributed by atoms with van der Waals surface area (Å²) in [4.78, 5) is 11.2. The molecule has 1 aromatic rings. The smallest absolute Gasteiger partial charge is 0.324 e. The van der Waals surface area contributed by atoms with Gasteiger partial charge in [0.2, 0.25) is 0 Å². The molecule has 17 heavy (non-hydrogen) atoms. The first-order chi connectivity index (χ1) is 8.05. The highest BCUT2D eigenvalue weighted by Gasteiger charge is 2.60. The van der Waals surface area contributed by atoms with Crippen molar-refractivity contribution in [3.05, 3.63) is 28.8 Å². The molecule has 0 amide bonds. The Morgan fingerprint density at radius 3 is 2.76 bits per heavy atom. The number of carboxylic acid groups (broad SMARTS) is 1. The maximum atomic E-state index is 11.2. The van der Waals surface area contributed by atoms with Gasteiger partial charge in [-0.15, -0.1) is 0 Å². The van der Waals surface area contributed by atoms with Crippen LogP contribution >= 0.6 is 11.6 Å². The van der Waals surface area contributed by atoms with Crippen molar-refractivity contribution in [1.82, 2.24) is 5.32 Å². The van der Waals surface area contributed by atoms with Crippen LogP contribution in [0, 0.1) is 0 Å². The monoisotopic (exact) mass is 255 g/mol. The van der Waals surface area contributed by atoms with Gasteiger partial charge in [-0.05, 0) is 31.2 Å². The number of carbonyl (C=O) groups is 1. The Bertz CT molecular complexity index is 463. The fraction of sp³-hybridized carbons (Fsp3) is 0.417. The first-order valence-electron chi connectivity index (χ1n) is 5.31. The lowest BCUT2D eigenvalue weighted by molar-refractivity contribution is -0.140. The van der Waals surface area contributed by atoms with Crippen molar-refractivity contribution in [2.75, 3.05) is 14.2 Å². The Balaban J connectivity index is 2.27. The summed E-state index contributed by atoms with van der Waals surface area (Å²) in [5.74, 6) is -0.258. The predicted octanol–water partition coefficient (Wildman–Crippen LogP) is 1.88. The lowest BCUT2D eigenvalue weighted by Crippen LogP contribution is -2.38. The SMILES string of the molecule is CNC1(C(=O)O)CC1c1ccc(OC)c(Cl)c1. The Kier molecular flexibility index (Phi) is 3.02. The topological polar surface area (TPSA) is 58.6 Å². The Morgan fingerprint density at radius 1 is 1.65 bits per heavy atom. The van der Waals surface area contributed by atoms with E-state index in [1.807, 2.05) is 6.07 Å². The second-order valence-electron chi connectivity index (χ2n) is 4.18. The lowest BCUT2D eigenvalue weighted by atomic mass is 10.1. The largest absolute Gasteiger partial charge is 0.495 e. The molecule has 2 N–H and O–H groups in total. The van der Waals surface area contributed by atoms with E-state index >= 15 is 0 Å². The zero-order valence-electron chi connectivity index (χ0n) is 9.66. The lowest BCUT2D eigenvalue weighted by Gasteiger charge is -2.11. The fourth-order valence-electron chi connectivity index (χ4n) is 2.18. The van der Waals surface area contributed by atoms with Gasteiger partial charge in [0.15, 0.2) is 0 Å². The number of aliphatic carboxylic acids is 1. The molecule has 0 heterocycles. The van der Waals surface area contributed by atoms with Crippen LogP contribution in [0.1, 0.15) is 17.9 Å². The van der Waals surface area contributed by atoms with Crippen LogP contribution in [0.4, 0.5) is 0 Å². The molecule has 1 saturated carbocycles. The molecule has 5 heteroatoms. The summed E-state index contributed by atoms with van der Waals surface area (Å²) >= 11 is 6.02. The Labute approximate surface area is 105 Å². The number of halogens is 1. The maximum absolute atomic E-state index is 11.2. The summed E-state index contributed by atoms with van der Waals surface area (Å²) < 4.78 is 5.06. The third-order valence-electron chi connectivity index (χ3n) is 3.37. The normalized spacial score (nSPS) is 26.6. The van der Waals surface area contributed by atoms with E-state index in [0.717, 1.165) is 5.56 Å². The average Bonchev–Trinajstić information content (AvgIpc) is 3.05. The second-order valence-corrected chi connectivity index (χ2v) is 4.58. The van der Waals surface area contributed by atoms with Gasteiger partial charge in [-0.1, -0.05) is 17.7 Å². The Hall–Kier alpha value is -1.26. The van der Waals surface area contributed by atoms with Crippen LogP contribution in [0.3, 0.4) is 0 Å². The number of nitrogens with one attached hydrogen (secondary N) is 1. The summed E-state index contributed by atoms with van der Waals surface area (Å²) in [6.45, 7) is 0. The number of ether oxygens (including phenoxy) is 1. The molecule has 2 unspecified atom stereocenters. The molecule has 0 spiro atoms. The van der Waals surface area contributed by atoms with Crippen molar-refractivity contribution < 1.29 is 14.6 Å². The van der Waals surface area contributed by atoms with Gasteiger partial charge in [0, 0.05) is 5.92 Å². The van der Waals surface area contributed by atoms with Crippen LogP contribution in [0.25, 0.3) is 0 Å². The van der Waals surface area contributed by atoms with E-state index in [1.54, 1.807) is 26.3 Å². The summed E-state index contributed by atoms with van der Waals surface area (Å²) in [5, 5.41) is 12.6. The van der Waals surface area contributed by atoms with Crippen molar-refractivity contribution in [2.24, 2.45) is 0 Å². The first-order valence-corrected chi connectivity index (χ1v) is 5.68. The number of hydrogen-bond donors (Lipinski definition) is 2. The van der Waals surface area contributed by atoms with Gasteiger partial charge in [-0.3, -0.25) is 4.79 Å². The molecule has 92 valence electrons. The molecule has 1 aromatic carbocycles. The van der Waals surface area contributed by atoms with Gasteiger partial charge in [0.25, 0.3) is 0 Å². The summed E-state index contributed by atoms with van der Waals surface area (Å²) in [7, 11) is 3.21. The number of hydrogen-bond acceptors (Lipinski definition) is 3. The van der Waals surface area contributed by atoms with Crippen molar-refractivity contribution in [2.45, 2.75) is 17.9 Å². The zero-order chi connectivity index (χ0) is 12.6. The van der Waals surface area contributed by atoms with Gasteiger partial charge >= 0.3 is 5.97 Å². The maximum Gasteiger partial charge on any atom is 0.324 e. The first kappa shape index (κ1) is 12.2. The average molecular weight is 256 g/mol. The van der Waals surface area contributed by atoms with E-state index in [2.05, 4.69) is 5.32 Å². The second kappa shape index (κ2) is 4.20. The molecule has 1 aliphatic rings. The van der Waals surface area contributed by atoms with Crippen molar-refractivity contribution in [3.8, 4) is 5.75 Å². The van der Waals surface area contributed by atoms with Crippen LogP contribution in [-0.2, 0) is 4.79 Å². The standard InChI is InChI=1S/C12H14ClNO3/c1-14-12(11(15)16)6-8(12)7-3-4-10(17-2)9(13)5-7/h3-5,8,14H,6H2,1-2H3,(H,15,16). The van der Waals surface area contributed by atoms with E-state index in [1.165, 1.54) is 0 Å². The van der Waals surface area contributed by atoms with E-state index < -0.39 is 11.5 Å². The zero-order valence-corrected chi connectivity index (χ0v) is 10.4. The van der Waals surface area contributed by atoms with Crippen LogP contribution in [0.5, 0.6) is 5.75 Å². The van der Waals surface area contributed by atoms with Crippen LogP contribution < -0.4 is 10.1 Å². The van der Waals surface area contributed by atoms with Gasteiger partial charge in [-0.25, -0.2) is 0 Å². The van der Waals surface area contributed by atoms with Crippen LogP contribution in [0.2, 0.25) is 5.02 Å². The summed E-state index contributed by atoms with van der Waals surface area (Å²) in [6, 6.07) is 5.39. The molecule has 0 aliphatic heterocycles. The molecule has 4 nitrogen and oxygen atoms in total. The molecule has 0 bridgehead atoms. The van der Waals surface area contributed by atoms with E-state index in [4.69, 9.17) is 16.3 Å². The number of benzene rings is 1. The van der Waals surface area contributed by atoms with E-state index in [9.17, 15) is 9.90 Å². The predicted molar refractivity (Wildman–Crippen MR) is 64.8 cm³/mol. The molecule has 0 saturated heterocycles. The third kappa shape index (κ3) is 1.87. The molecule has 1 fully saturated rings. The minimum Gasteiger partial charge on any atom is -0.495 e. The van der Waals surface area contributed by atoms with E-state index in [-0.39, 0.29) is 5.92 Å².